The Balaban J connectivity index is 1.68. The fraction of sp³-hybridized carbons (Fsp3) is 0.222. The molecule has 27 heavy (non-hydrogen) atoms. The standard InChI is InChI=1S/C18H18N4O5/c1-2-22-14-6-5-11(8-13(14)21-17(25)18(22)26)16(24)20-10-15(23)19-9-12-4-3-7-27-12/h3-8H,2,9-10H2,1H3,(H,19,23)(H,20,24)(H,21,25). The largest absolute Gasteiger partial charge is 0.467 e. The molecule has 0 bridgehead atoms. The van der Waals surface area contributed by atoms with E-state index >= 15 is 0 Å². The Morgan fingerprint density at radius 3 is 2.70 bits per heavy atom. The molecule has 3 aromatic rings. The molecule has 0 radical (unpaired) electrons. The molecule has 9 nitrogen and oxygen atoms in total. The summed E-state index contributed by atoms with van der Waals surface area (Å²) >= 11 is 0. The summed E-state index contributed by atoms with van der Waals surface area (Å²) in [5.41, 5.74) is -0.237. The predicted octanol–water partition coefficient (Wildman–Crippen LogP) is 0.349. The summed E-state index contributed by atoms with van der Waals surface area (Å²) in [7, 11) is 0. The van der Waals surface area contributed by atoms with Crippen LogP contribution in [0.15, 0.2) is 50.6 Å². The van der Waals surface area contributed by atoms with Gasteiger partial charge >= 0.3 is 11.1 Å². The minimum atomic E-state index is -0.751. The first kappa shape index (κ1) is 18.2. The summed E-state index contributed by atoms with van der Waals surface area (Å²) in [6, 6.07) is 8.03. The van der Waals surface area contributed by atoms with Crippen molar-refractivity contribution in [3.63, 3.8) is 0 Å². The second-order valence-corrected chi connectivity index (χ2v) is 5.77. The topological polar surface area (TPSA) is 126 Å². The van der Waals surface area contributed by atoms with Crippen LogP contribution in [-0.4, -0.2) is 27.9 Å². The fourth-order valence-electron chi connectivity index (χ4n) is 2.66. The number of aromatic nitrogens is 2. The van der Waals surface area contributed by atoms with Crippen LogP contribution in [0.3, 0.4) is 0 Å². The monoisotopic (exact) mass is 370 g/mol. The van der Waals surface area contributed by atoms with Crippen molar-refractivity contribution in [1.82, 2.24) is 20.2 Å². The molecule has 0 fully saturated rings. The zero-order valence-corrected chi connectivity index (χ0v) is 14.6. The summed E-state index contributed by atoms with van der Waals surface area (Å²) in [5, 5.41) is 5.12. The maximum Gasteiger partial charge on any atom is 0.316 e. The third-order valence-corrected chi connectivity index (χ3v) is 4.00. The van der Waals surface area contributed by atoms with Gasteiger partial charge in [0.05, 0.1) is 30.4 Å². The number of hydrogen-bond acceptors (Lipinski definition) is 5. The molecule has 2 amide bonds. The highest BCUT2D eigenvalue weighted by molar-refractivity contribution is 5.98. The Hall–Kier alpha value is -3.62. The lowest BCUT2D eigenvalue weighted by molar-refractivity contribution is -0.120. The van der Waals surface area contributed by atoms with E-state index < -0.39 is 17.0 Å². The molecule has 2 heterocycles. The van der Waals surface area contributed by atoms with E-state index in [1.54, 1.807) is 25.1 Å². The molecule has 0 saturated heterocycles. The lowest BCUT2D eigenvalue weighted by atomic mass is 10.1. The van der Waals surface area contributed by atoms with E-state index in [1.165, 1.54) is 23.0 Å². The zero-order valence-electron chi connectivity index (χ0n) is 14.6. The SMILES string of the molecule is CCn1c(=O)c(=O)[nH]c2cc(C(=O)NCC(=O)NCc3ccco3)ccc21. The average molecular weight is 370 g/mol. The molecular formula is C18H18N4O5. The Kier molecular flexibility index (Phi) is 5.20. The van der Waals surface area contributed by atoms with Gasteiger partial charge in [-0.25, -0.2) is 0 Å². The van der Waals surface area contributed by atoms with Crippen LogP contribution in [0.1, 0.15) is 23.0 Å². The Morgan fingerprint density at radius 1 is 1.19 bits per heavy atom. The summed E-state index contributed by atoms with van der Waals surface area (Å²) < 4.78 is 6.43. The normalized spacial score (nSPS) is 10.7. The van der Waals surface area contributed by atoms with Crippen LogP contribution in [0.2, 0.25) is 0 Å². The van der Waals surface area contributed by atoms with Crippen molar-refractivity contribution in [2.24, 2.45) is 0 Å². The molecule has 0 atom stereocenters. The van der Waals surface area contributed by atoms with Gasteiger partial charge in [0.15, 0.2) is 0 Å². The van der Waals surface area contributed by atoms with Gasteiger partial charge in [-0.2, -0.15) is 0 Å². The maximum absolute atomic E-state index is 12.3. The van der Waals surface area contributed by atoms with Crippen LogP contribution >= 0.6 is 0 Å². The van der Waals surface area contributed by atoms with Gasteiger partial charge in [-0.15, -0.1) is 0 Å². The van der Waals surface area contributed by atoms with E-state index in [1.807, 2.05) is 0 Å². The van der Waals surface area contributed by atoms with Crippen molar-refractivity contribution < 1.29 is 14.0 Å². The van der Waals surface area contributed by atoms with Crippen LogP contribution in [0.25, 0.3) is 11.0 Å². The van der Waals surface area contributed by atoms with Gasteiger partial charge in [0, 0.05) is 12.1 Å². The first-order valence-corrected chi connectivity index (χ1v) is 8.33. The average Bonchev–Trinajstić information content (AvgIpc) is 3.18. The van der Waals surface area contributed by atoms with E-state index in [9.17, 15) is 19.2 Å². The Bertz CT molecular complexity index is 1100. The predicted molar refractivity (Wildman–Crippen MR) is 97.4 cm³/mol. The fourth-order valence-corrected chi connectivity index (χ4v) is 2.66. The molecule has 1 aromatic carbocycles. The number of nitrogens with zero attached hydrogens (tertiary/aromatic N) is 1. The van der Waals surface area contributed by atoms with Crippen LogP contribution in [0.4, 0.5) is 0 Å². The third kappa shape index (κ3) is 3.97. The van der Waals surface area contributed by atoms with Gasteiger partial charge in [-0.05, 0) is 37.3 Å². The molecular weight excluding hydrogens is 352 g/mol. The van der Waals surface area contributed by atoms with Gasteiger partial charge in [0.2, 0.25) is 5.91 Å². The van der Waals surface area contributed by atoms with E-state index in [0.717, 1.165) is 0 Å². The number of carbonyl (C=O) groups excluding carboxylic acids is 2. The molecule has 0 unspecified atom stereocenters. The zero-order chi connectivity index (χ0) is 19.4. The van der Waals surface area contributed by atoms with Gasteiger partial charge in [0.1, 0.15) is 5.76 Å². The van der Waals surface area contributed by atoms with Crippen LogP contribution in [0.5, 0.6) is 0 Å². The lowest BCUT2D eigenvalue weighted by Crippen LogP contribution is -2.37. The second kappa shape index (κ2) is 7.73. The first-order chi connectivity index (χ1) is 13.0. The van der Waals surface area contributed by atoms with Crippen LogP contribution in [-0.2, 0) is 17.9 Å². The third-order valence-electron chi connectivity index (χ3n) is 4.00. The minimum Gasteiger partial charge on any atom is -0.467 e. The molecule has 3 N–H and O–H groups in total. The van der Waals surface area contributed by atoms with E-state index in [2.05, 4.69) is 15.6 Å². The molecule has 2 aromatic heterocycles. The number of hydrogen-bond donors (Lipinski definition) is 3. The number of carbonyl (C=O) groups is 2. The molecule has 0 spiro atoms. The van der Waals surface area contributed by atoms with E-state index in [0.29, 0.717) is 23.3 Å². The summed E-state index contributed by atoms with van der Waals surface area (Å²) in [6.45, 7) is 2.11. The number of benzene rings is 1. The van der Waals surface area contributed by atoms with Crippen molar-refractivity contribution in [2.75, 3.05) is 6.54 Å². The number of nitrogens with one attached hydrogen (secondary N) is 3. The Morgan fingerprint density at radius 2 is 2.00 bits per heavy atom. The number of H-pyrrole nitrogens is 1. The number of fused-ring (bicyclic) bond motifs is 1. The molecule has 9 heteroatoms. The first-order valence-electron chi connectivity index (χ1n) is 8.33. The smallest absolute Gasteiger partial charge is 0.316 e. The second-order valence-electron chi connectivity index (χ2n) is 5.77. The highest BCUT2D eigenvalue weighted by Crippen LogP contribution is 2.11. The molecule has 0 aliphatic rings. The van der Waals surface area contributed by atoms with E-state index in [4.69, 9.17) is 4.42 Å². The van der Waals surface area contributed by atoms with Gasteiger partial charge in [-0.1, -0.05) is 0 Å². The summed E-state index contributed by atoms with van der Waals surface area (Å²) in [4.78, 5) is 50.1. The maximum atomic E-state index is 12.3. The van der Waals surface area contributed by atoms with Gasteiger partial charge in [-0.3, -0.25) is 19.2 Å². The van der Waals surface area contributed by atoms with Crippen molar-refractivity contribution in [3.8, 4) is 0 Å². The van der Waals surface area contributed by atoms with Crippen molar-refractivity contribution >= 4 is 22.8 Å². The number of furan rings is 1. The quantitative estimate of drug-likeness (QED) is 0.540. The van der Waals surface area contributed by atoms with Crippen LogP contribution < -0.4 is 21.8 Å². The summed E-state index contributed by atoms with van der Waals surface area (Å²) in [6.07, 6.45) is 1.51. The number of rotatable bonds is 6. The van der Waals surface area contributed by atoms with E-state index in [-0.39, 0.29) is 24.6 Å². The van der Waals surface area contributed by atoms with Gasteiger partial charge in [0.25, 0.3) is 5.91 Å². The number of amides is 2. The van der Waals surface area contributed by atoms with Crippen molar-refractivity contribution in [1.29, 1.82) is 0 Å². The van der Waals surface area contributed by atoms with Crippen molar-refractivity contribution in [3.05, 3.63) is 68.6 Å². The molecule has 0 aliphatic carbocycles. The molecule has 0 saturated carbocycles. The number of aromatic amines is 1. The lowest BCUT2D eigenvalue weighted by Gasteiger charge is -2.09. The summed E-state index contributed by atoms with van der Waals surface area (Å²) in [5.74, 6) is -0.232. The molecule has 0 aliphatic heterocycles. The highest BCUT2D eigenvalue weighted by atomic mass is 16.3. The van der Waals surface area contributed by atoms with Crippen molar-refractivity contribution in [2.45, 2.75) is 20.0 Å². The highest BCUT2D eigenvalue weighted by Gasteiger charge is 2.12. The number of aryl methyl sites for hydroxylation is 1. The van der Waals surface area contributed by atoms with Crippen LogP contribution in [0, 0.1) is 0 Å². The minimum absolute atomic E-state index is 0.206. The molecule has 3 rings (SSSR count). The Labute approximate surface area is 153 Å². The van der Waals surface area contributed by atoms with Gasteiger partial charge < -0.3 is 24.6 Å². The molecule has 140 valence electrons.